The van der Waals surface area contributed by atoms with Gasteiger partial charge in [-0.25, -0.2) is 0 Å². The summed E-state index contributed by atoms with van der Waals surface area (Å²) in [7, 11) is 0. The van der Waals surface area contributed by atoms with E-state index in [0.29, 0.717) is 21.4 Å². The van der Waals surface area contributed by atoms with E-state index in [-0.39, 0.29) is 12.5 Å². The molecule has 0 saturated carbocycles. The Balaban J connectivity index is 2.23. The molecule has 0 aliphatic rings. The number of anilines is 2. The second-order valence-electron chi connectivity index (χ2n) is 4.05. The highest BCUT2D eigenvalue weighted by Crippen LogP contribution is 2.21. The smallest absolute Gasteiger partial charge is 0.256 e. The van der Waals surface area contributed by atoms with Gasteiger partial charge >= 0.3 is 0 Å². The van der Waals surface area contributed by atoms with Gasteiger partial charge in [0.1, 0.15) is 0 Å². The fourth-order valence-electron chi connectivity index (χ4n) is 1.66. The van der Waals surface area contributed by atoms with E-state index in [2.05, 4.69) is 21.2 Å². The lowest BCUT2D eigenvalue weighted by molar-refractivity contribution is 0.102. The van der Waals surface area contributed by atoms with Gasteiger partial charge in [-0.2, -0.15) is 0 Å². The lowest BCUT2D eigenvalue weighted by Gasteiger charge is -2.08. The SMILES string of the molecule is Nc1ccc(Br)c(C(=O)Nc2cccc(CO)c2)c1. The molecule has 0 radical (unpaired) electrons. The Morgan fingerprint density at radius 3 is 2.79 bits per heavy atom. The van der Waals surface area contributed by atoms with E-state index in [9.17, 15) is 4.79 Å². The topological polar surface area (TPSA) is 75.4 Å². The molecular weight excluding hydrogens is 308 g/mol. The van der Waals surface area contributed by atoms with Crippen molar-refractivity contribution in [3.8, 4) is 0 Å². The number of rotatable bonds is 3. The molecule has 0 aliphatic carbocycles. The van der Waals surface area contributed by atoms with Crippen LogP contribution in [-0.4, -0.2) is 11.0 Å². The summed E-state index contributed by atoms with van der Waals surface area (Å²) in [4.78, 5) is 12.1. The quantitative estimate of drug-likeness (QED) is 0.761. The van der Waals surface area contributed by atoms with Crippen LogP contribution in [0.2, 0.25) is 0 Å². The van der Waals surface area contributed by atoms with Gasteiger partial charge in [-0.05, 0) is 51.8 Å². The number of hydrogen-bond donors (Lipinski definition) is 3. The monoisotopic (exact) mass is 320 g/mol. The first-order chi connectivity index (χ1) is 9.10. The fraction of sp³-hybridized carbons (Fsp3) is 0.0714. The molecular formula is C14H13BrN2O2. The molecule has 19 heavy (non-hydrogen) atoms. The molecule has 0 bridgehead atoms. The predicted octanol–water partition coefficient (Wildman–Crippen LogP) is 2.78. The van der Waals surface area contributed by atoms with Crippen LogP contribution in [-0.2, 0) is 6.61 Å². The average Bonchev–Trinajstić information content (AvgIpc) is 2.41. The van der Waals surface area contributed by atoms with Crippen molar-refractivity contribution in [1.82, 2.24) is 0 Å². The number of carbonyl (C=O) groups excluding carboxylic acids is 1. The van der Waals surface area contributed by atoms with Crippen LogP contribution in [0.4, 0.5) is 11.4 Å². The third-order valence-electron chi connectivity index (χ3n) is 2.60. The van der Waals surface area contributed by atoms with Crippen LogP contribution in [0.15, 0.2) is 46.9 Å². The predicted molar refractivity (Wildman–Crippen MR) is 78.9 cm³/mol. The van der Waals surface area contributed by atoms with Crippen molar-refractivity contribution >= 4 is 33.2 Å². The second kappa shape index (κ2) is 5.86. The van der Waals surface area contributed by atoms with Gasteiger partial charge in [0, 0.05) is 15.8 Å². The maximum atomic E-state index is 12.1. The average molecular weight is 321 g/mol. The molecule has 0 atom stereocenters. The van der Waals surface area contributed by atoms with E-state index in [0.717, 1.165) is 5.56 Å². The Bertz CT molecular complexity index is 614. The molecule has 0 aromatic heterocycles. The Morgan fingerprint density at radius 2 is 2.05 bits per heavy atom. The van der Waals surface area contributed by atoms with Crippen molar-refractivity contribution in [1.29, 1.82) is 0 Å². The summed E-state index contributed by atoms with van der Waals surface area (Å²) in [6, 6.07) is 12.1. The van der Waals surface area contributed by atoms with Gasteiger partial charge in [-0.1, -0.05) is 12.1 Å². The molecule has 0 aliphatic heterocycles. The third-order valence-corrected chi connectivity index (χ3v) is 3.29. The molecule has 98 valence electrons. The van der Waals surface area contributed by atoms with E-state index >= 15 is 0 Å². The van der Waals surface area contributed by atoms with Crippen molar-refractivity contribution in [3.63, 3.8) is 0 Å². The number of nitrogens with two attached hydrogens (primary N) is 1. The molecule has 1 amide bonds. The Labute approximate surface area is 119 Å². The number of amides is 1. The molecule has 0 heterocycles. The normalized spacial score (nSPS) is 10.2. The number of aliphatic hydroxyl groups excluding tert-OH is 1. The van der Waals surface area contributed by atoms with Crippen molar-refractivity contribution in [2.24, 2.45) is 0 Å². The van der Waals surface area contributed by atoms with Crippen molar-refractivity contribution in [2.75, 3.05) is 11.1 Å². The Hall–Kier alpha value is -1.85. The fourth-order valence-corrected chi connectivity index (χ4v) is 2.09. The Morgan fingerprint density at radius 1 is 1.26 bits per heavy atom. The molecule has 5 heteroatoms. The van der Waals surface area contributed by atoms with Crippen molar-refractivity contribution in [3.05, 3.63) is 58.1 Å². The first kappa shape index (κ1) is 13.6. The van der Waals surface area contributed by atoms with E-state index < -0.39 is 0 Å². The minimum absolute atomic E-state index is 0.0638. The zero-order chi connectivity index (χ0) is 13.8. The van der Waals surface area contributed by atoms with E-state index in [1.165, 1.54) is 0 Å². The molecule has 0 unspecified atom stereocenters. The molecule has 2 rings (SSSR count). The van der Waals surface area contributed by atoms with Gasteiger partial charge in [0.05, 0.1) is 12.2 Å². The summed E-state index contributed by atoms with van der Waals surface area (Å²) >= 11 is 3.32. The standard InChI is InChI=1S/C14H13BrN2O2/c15-13-5-4-10(16)7-12(13)14(19)17-11-3-1-2-9(6-11)8-18/h1-7,18H,8,16H2,(H,17,19). The zero-order valence-electron chi connectivity index (χ0n) is 10.1. The van der Waals surface area contributed by atoms with Gasteiger partial charge in [0.15, 0.2) is 0 Å². The van der Waals surface area contributed by atoms with E-state index in [4.69, 9.17) is 10.8 Å². The van der Waals surface area contributed by atoms with Gasteiger partial charge < -0.3 is 16.2 Å². The summed E-state index contributed by atoms with van der Waals surface area (Å²) in [6.45, 7) is -0.0638. The molecule has 0 saturated heterocycles. The minimum atomic E-state index is -0.255. The molecule has 0 spiro atoms. The molecule has 2 aromatic rings. The number of hydrogen-bond acceptors (Lipinski definition) is 3. The first-order valence-electron chi connectivity index (χ1n) is 5.66. The van der Waals surface area contributed by atoms with Crippen LogP contribution in [0.1, 0.15) is 15.9 Å². The lowest BCUT2D eigenvalue weighted by atomic mass is 10.1. The van der Waals surface area contributed by atoms with Crippen molar-refractivity contribution in [2.45, 2.75) is 6.61 Å². The highest BCUT2D eigenvalue weighted by atomic mass is 79.9. The third kappa shape index (κ3) is 3.33. The van der Waals surface area contributed by atoms with Crippen molar-refractivity contribution < 1.29 is 9.90 Å². The Kier molecular flexibility index (Phi) is 4.19. The summed E-state index contributed by atoms with van der Waals surface area (Å²) in [6.07, 6.45) is 0. The van der Waals surface area contributed by atoms with Gasteiger partial charge in [-0.15, -0.1) is 0 Å². The molecule has 4 N–H and O–H groups in total. The van der Waals surface area contributed by atoms with Gasteiger partial charge in [-0.3, -0.25) is 4.79 Å². The van der Waals surface area contributed by atoms with Gasteiger partial charge in [0.2, 0.25) is 0 Å². The number of halogens is 1. The molecule has 2 aromatic carbocycles. The number of aliphatic hydroxyl groups is 1. The van der Waals surface area contributed by atoms with Crippen LogP contribution in [0.5, 0.6) is 0 Å². The summed E-state index contributed by atoms with van der Waals surface area (Å²) in [5, 5.41) is 11.8. The van der Waals surface area contributed by atoms with E-state index in [1.807, 2.05) is 0 Å². The van der Waals surface area contributed by atoms with Crippen LogP contribution >= 0.6 is 15.9 Å². The second-order valence-corrected chi connectivity index (χ2v) is 4.91. The number of carbonyl (C=O) groups is 1. The van der Waals surface area contributed by atoms with E-state index in [1.54, 1.807) is 42.5 Å². The van der Waals surface area contributed by atoms with Crippen LogP contribution in [0.25, 0.3) is 0 Å². The van der Waals surface area contributed by atoms with Crippen LogP contribution in [0, 0.1) is 0 Å². The molecule has 0 fully saturated rings. The highest BCUT2D eigenvalue weighted by molar-refractivity contribution is 9.10. The molecule has 4 nitrogen and oxygen atoms in total. The minimum Gasteiger partial charge on any atom is -0.399 e. The van der Waals surface area contributed by atoms with Gasteiger partial charge in [0.25, 0.3) is 5.91 Å². The number of benzene rings is 2. The zero-order valence-corrected chi connectivity index (χ0v) is 11.6. The number of nitrogen functional groups attached to an aromatic ring is 1. The first-order valence-corrected chi connectivity index (χ1v) is 6.45. The number of nitrogens with one attached hydrogen (secondary N) is 1. The summed E-state index contributed by atoms with van der Waals surface area (Å²) in [5.41, 5.74) is 8.03. The lowest BCUT2D eigenvalue weighted by Crippen LogP contribution is -2.13. The maximum Gasteiger partial charge on any atom is 0.256 e. The van der Waals surface area contributed by atoms with Crippen LogP contribution < -0.4 is 11.1 Å². The highest BCUT2D eigenvalue weighted by Gasteiger charge is 2.10. The summed E-state index contributed by atoms with van der Waals surface area (Å²) < 4.78 is 0.678. The van der Waals surface area contributed by atoms with Crippen LogP contribution in [0.3, 0.4) is 0 Å². The largest absolute Gasteiger partial charge is 0.399 e. The summed E-state index contributed by atoms with van der Waals surface area (Å²) in [5.74, 6) is -0.255. The maximum absolute atomic E-state index is 12.1.